The average molecular weight is 409 g/mol. The standard InChI is InChI=1S/C21H20FN5O3/c22-17-9-5-4-8-16(17)13-25-10-11-26-19(20(25)29)24-27(21(26)30)14-18(28)23-12-15-6-2-1-3-7-15/h1-9H,10-14H2,(H,23,28). The van der Waals surface area contributed by atoms with E-state index in [9.17, 15) is 18.8 Å². The number of fused-ring (bicyclic) bond motifs is 1. The van der Waals surface area contributed by atoms with Crippen LogP contribution in [0.5, 0.6) is 0 Å². The monoisotopic (exact) mass is 409 g/mol. The molecule has 0 unspecified atom stereocenters. The molecule has 30 heavy (non-hydrogen) atoms. The van der Waals surface area contributed by atoms with Crippen molar-refractivity contribution in [2.75, 3.05) is 6.54 Å². The number of hydrogen-bond donors (Lipinski definition) is 1. The van der Waals surface area contributed by atoms with E-state index in [0.717, 1.165) is 10.2 Å². The molecule has 2 aromatic carbocycles. The highest BCUT2D eigenvalue weighted by Gasteiger charge is 2.30. The van der Waals surface area contributed by atoms with E-state index in [1.807, 2.05) is 30.3 Å². The number of rotatable bonds is 6. The predicted molar refractivity (Wildman–Crippen MR) is 106 cm³/mol. The third-order valence-corrected chi connectivity index (χ3v) is 4.94. The lowest BCUT2D eigenvalue weighted by molar-refractivity contribution is -0.122. The van der Waals surface area contributed by atoms with E-state index in [1.54, 1.807) is 18.2 Å². The first-order valence-corrected chi connectivity index (χ1v) is 9.54. The number of halogens is 1. The van der Waals surface area contributed by atoms with E-state index in [1.165, 1.54) is 15.5 Å². The fourth-order valence-corrected chi connectivity index (χ4v) is 3.34. The van der Waals surface area contributed by atoms with Crippen LogP contribution in [0.15, 0.2) is 59.4 Å². The van der Waals surface area contributed by atoms with Gasteiger partial charge in [-0.3, -0.25) is 14.2 Å². The first-order valence-electron chi connectivity index (χ1n) is 9.54. The van der Waals surface area contributed by atoms with Gasteiger partial charge in [0.15, 0.2) is 0 Å². The molecule has 8 nitrogen and oxygen atoms in total. The third-order valence-electron chi connectivity index (χ3n) is 4.94. The van der Waals surface area contributed by atoms with Crippen LogP contribution in [0.1, 0.15) is 21.7 Å². The van der Waals surface area contributed by atoms with Crippen LogP contribution in [-0.4, -0.2) is 37.6 Å². The molecule has 0 saturated carbocycles. The summed E-state index contributed by atoms with van der Waals surface area (Å²) in [5.41, 5.74) is 0.807. The molecule has 0 saturated heterocycles. The minimum absolute atomic E-state index is 0.0431. The molecule has 154 valence electrons. The van der Waals surface area contributed by atoms with E-state index in [2.05, 4.69) is 10.4 Å². The van der Waals surface area contributed by atoms with E-state index >= 15 is 0 Å². The van der Waals surface area contributed by atoms with Gasteiger partial charge < -0.3 is 10.2 Å². The number of carbonyl (C=O) groups is 2. The zero-order valence-corrected chi connectivity index (χ0v) is 16.1. The Balaban J connectivity index is 1.45. The molecule has 2 amide bonds. The quantitative estimate of drug-likeness (QED) is 0.662. The molecule has 1 N–H and O–H groups in total. The summed E-state index contributed by atoms with van der Waals surface area (Å²) in [6, 6.07) is 15.6. The fourth-order valence-electron chi connectivity index (χ4n) is 3.34. The first kappa shape index (κ1) is 19.6. The van der Waals surface area contributed by atoms with Gasteiger partial charge in [-0.15, -0.1) is 5.10 Å². The molecule has 3 aromatic rings. The van der Waals surface area contributed by atoms with Crippen LogP contribution in [0.2, 0.25) is 0 Å². The molecule has 1 aliphatic rings. The molecule has 0 fully saturated rings. The van der Waals surface area contributed by atoms with Crippen molar-refractivity contribution < 1.29 is 14.0 Å². The van der Waals surface area contributed by atoms with Crippen molar-refractivity contribution in [1.29, 1.82) is 0 Å². The van der Waals surface area contributed by atoms with Crippen LogP contribution in [-0.2, 0) is 31.0 Å². The van der Waals surface area contributed by atoms with Gasteiger partial charge in [-0.2, -0.15) is 0 Å². The van der Waals surface area contributed by atoms with Gasteiger partial charge >= 0.3 is 5.69 Å². The largest absolute Gasteiger partial charge is 0.350 e. The van der Waals surface area contributed by atoms with Crippen molar-refractivity contribution >= 4 is 11.8 Å². The van der Waals surface area contributed by atoms with Crippen LogP contribution in [0.4, 0.5) is 4.39 Å². The van der Waals surface area contributed by atoms with Crippen molar-refractivity contribution in [2.24, 2.45) is 0 Å². The molecular formula is C21H20FN5O3. The van der Waals surface area contributed by atoms with Gasteiger partial charge in [0.2, 0.25) is 11.7 Å². The van der Waals surface area contributed by atoms with Crippen LogP contribution in [0.25, 0.3) is 0 Å². The van der Waals surface area contributed by atoms with Gasteiger partial charge in [0.1, 0.15) is 12.4 Å². The SMILES string of the molecule is O=C(Cn1nc2n(c1=O)CCN(Cc1ccccc1F)C2=O)NCc1ccccc1. The Bertz CT molecular complexity index is 1140. The zero-order chi connectivity index (χ0) is 21.1. The highest BCUT2D eigenvalue weighted by molar-refractivity contribution is 5.91. The van der Waals surface area contributed by atoms with Crippen molar-refractivity contribution in [3.05, 3.63) is 87.9 Å². The lowest BCUT2D eigenvalue weighted by Crippen LogP contribution is -2.42. The number of nitrogens with one attached hydrogen (secondary N) is 1. The van der Waals surface area contributed by atoms with E-state index in [-0.39, 0.29) is 37.9 Å². The van der Waals surface area contributed by atoms with Gasteiger partial charge in [-0.25, -0.2) is 13.9 Å². The Morgan fingerprint density at radius 3 is 2.53 bits per heavy atom. The number of aromatic nitrogens is 3. The van der Waals surface area contributed by atoms with Gasteiger partial charge in [0, 0.05) is 31.7 Å². The number of amides is 2. The summed E-state index contributed by atoms with van der Waals surface area (Å²) < 4.78 is 16.2. The molecule has 1 aromatic heterocycles. The van der Waals surface area contributed by atoms with Gasteiger partial charge in [0.25, 0.3) is 5.91 Å². The molecule has 0 bridgehead atoms. The summed E-state index contributed by atoms with van der Waals surface area (Å²) >= 11 is 0. The molecule has 0 aliphatic carbocycles. The third kappa shape index (κ3) is 4.00. The smallest absolute Gasteiger partial charge is 0.346 e. The fraction of sp³-hybridized carbons (Fsp3) is 0.238. The van der Waals surface area contributed by atoms with Crippen molar-refractivity contribution in [3.63, 3.8) is 0 Å². The van der Waals surface area contributed by atoms with Gasteiger partial charge in [-0.1, -0.05) is 48.5 Å². The second kappa shape index (κ2) is 8.32. The number of benzene rings is 2. The molecule has 2 heterocycles. The summed E-state index contributed by atoms with van der Waals surface area (Å²) in [6.07, 6.45) is 0. The number of nitrogens with zero attached hydrogens (tertiary/aromatic N) is 4. The lowest BCUT2D eigenvalue weighted by atomic mass is 10.2. The van der Waals surface area contributed by atoms with E-state index < -0.39 is 17.4 Å². The number of hydrogen-bond acceptors (Lipinski definition) is 4. The average Bonchev–Trinajstić information content (AvgIpc) is 3.07. The molecule has 0 radical (unpaired) electrons. The second-order valence-corrected chi connectivity index (χ2v) is 7.00. The molecule has 1 aliphatic heterocycles. The summed E-state index contributed by atoms with van der Waals surface area (Å²) in [4.78, 5) is 39.0. The highest BCUT2D eigenvalue weighted by atomic mass is 19.1. The topological polar surface area (TPSA) is 89.2 Å². The normalized spacial score (nSPS) is 13.2. The van der Waals surface area contributed by atoms with Crippen LogP contribution in [0, 0.1) is 5.82 Å². The van der Waals surface area contributed by atoms with Crippen LogP contribution in [0.3, 0.4) is 0 Å². The summed E-state index contributed by atoms with van der Waals surface area (Å²) in [6.45, 7) is 0.625. The minimum atomic E-state index is -0.515. The summed E-state index contributed by atoms with van der Waals surface area (Å²) in [5.74, 6) is -1.29. The van der Waals surface area contributed by atoms with Crippen LogP contribution < -0.4 is 11.0 Å². The highest BCUT2D eigenvalue weighted by Crippen LogP contribution is 2.15. The van der Waals surface area contributed by atoms with E-state index in [4.69, 9.17) is 0 Å². The Morgan fingerprint density at radius 2 is 1.77 bits per heavy atom. The zero-order valence-electron chi connectivity index (χ0n) is 16.1. The van der Waals surface area contributed by atoms with E-state index in [0.29, 0.717) is 12.1 Å². The maximum Gasteiger partial charge on any atom is 0.346 e. The Hall–Kier alpha value is -3.75. The van der Waals surface area contributed by atoms with Gasteiger partial charge in [0.05, 0.1) is 0 Å². The summed E-state index contributed by atoms with van der Waals surface area (Å²) in [7, 11) is 0. The molecule has 0 atom stereocenters. The minimum Gasteiger partial charge on any atom is -0.350 e. The van der Waals surface area contributed by atoms with Crippen molar-refractivity contribution in [2.45, 2.75) is 26.2 Å². The van der Waals surface area contributed by atoms with Crippen molar-refractivity contribution in [1.82, 2.24) is 24.6 Å². The second-order valence-electron chi connectivity index (χ2n) is 7.00. The van der Waals surface area contributed by atoms with Gasteiger partial charge in [-0.05, 0) is 11.6 Å². The maximum absolute atomic E-state index is 13.9. The molecule has 9 heteroatoms. The Kier molecular flexibility index (Phi) is 5.42. The predicted octanol–water partition coefficient (Wildman–Crippen LogP) is 1.16. The maximum atomic E-state index is 13.9. The number of carbonyl (C=O) groups excluding carboxylic acids is 2. The Morgan fingerprint density at radius 1 is 1.03 bits per heavy atom. The molecule has 4 rings (SSSR count). The van der Waals surface area contributed by atoms with Crippen LogP contribution >= 0.6 is 0 Å². The lowest BCUT2D eigenvalue weighted by Gasteiger charge is -2.26. The molecular weight excluding hydrogens is 389 g/mol. The molecule has 0 spiro atoms. The summed E-state index contributed by atoms with van der Waals surface area (Å²) in [5, 5.41) is 6.79. The Labute approximate surface area is 171 Å². The van der Waals surface area contributed by atoms with Crippen molar-refractivity contribution in [3.8, 4) is 0 Å². The first-order chi connectivity index (χ1) is 14.5.